The molecule has 1 aliphatic rings. The summed E-state index contributed by atoms with van der Waals surface area (Å²) in [6.45, 7) is 11.4. The van der Waals surface area contributed by atoms with E-state index in [9.17, 15) is 0 Å². The summed E-state index contributed by atoms with van der Waals surface area (Å²) < 4.78 is 7.47. The molecule has 0 saturated carbocycles. The number of ether oxygens (including phenoxy) is 1. The molecular weight excluding hydrogens is 364 g/mol. The maximum atomic E-state index is 5.41. The fourth-order valence-corrected chi connectivity index (χ4v) is 3.52. The van der Waals surface area contributed by atoms with Crippen LogP contribution in [0.1, 0.15) is 28.9 Å². The first kappa shape index (κ1) is 21.3. The molecule has 0 aliphatic carbocycles. The van der Waals surface area contributed by atoms with Crippen LogP contribution in [0.4, 0.5) is 0 Å². The molecule has 0 bridgehead atoms. The van der Waals surface area contributed by atoms with E-state index < -0.39 is 0 Å². The molecule has 1 aromatic carbocycles. The van der Waals surface area contributed by atoms with E-state index in [4.69, 9.17) is 4.74 Å². The molecule has 2 heterocycles. The molecule has 0 amide bonds. The Bertz CT molecular complexity index is 777. The van der Waals surface area contributed by atoms with Crippen LogP contribution in [0.2, 0.25) is 0 Å². The maximum Gasteiger partial charge on any atom is 0.191 e. The van der Waals surface area contributed by atoms with Gasteiger partial charge in [0.2, 0.25) is 0 Å². The van der Waals surface area contributed by atoms with E-state index in [2.05, 4.69) is 67.6 Å². The highest BCUT2D eigenvalue weighted by atomic mass is 16.5. The Balaban J connectivity index is 1.36. The standard InChI is InChI=1S/C22H34N6O/c1-18-15-19(2)28(26-18)10-4-9-24-22(23-3)25-16-20-5-7-21(8-6-20)17-27-11-13-29-14-12-27/h5-8,15H,4,9-14,16-17H2,1-3H3,(H2,23,24,25). The van der Waals surface area contributed by atoms with Crippen molar-refractivity contribution < 1.29 is 4.74 Å². The highest BCUT2D eigenvalue weighted by Crippen LogP contribution is 2.09. The summed E-state index contributed by atoms with van der Waals surface area (Å²) in [4.78, 5) is 6.76. The van der Waals surface area contributed by atoms with Gasteiger partial charge in [-0.2, -0.15) is 5.10 Å². The number of hydrogen-bond acceptors (Lipinski definition) is 4. The molecule has 1 fully saturated rings. The summed E-state index contributed by atoms with van der Waals surface area (Å²) in [5, 5.41) is 11.3. The van der Waals surface area contributed by atoms with Crippen molar-refractivity contribution in [3.05, 3.63) is 52.8 Å². The van der Waals surface area contributed by atoms with Gasteiger partial charge in [0, 0.05) is 52.0 Å². The molecule has 0 atom stereocenters. The van der Waals surface area contributed by atoms with Gasteiger partial charge in [0.05, 0.1) is 18.9 Å². The Morgan fingerprint density at radius 1 is 1.10 bits per heavy atom. The molecule has 3 rings (SSSR count). The highest BCUT2D eigenvalue weighted by molar-refractivity contribution is 5.79. The van der Waals surface area contributed by atoms with E-state index in [1.165, 1.54) is 16.8 Å². The summed E-state index contributed by atoms with van der Waals surface area (Å²) in [6.07, 6.45) is 0.999. The fourth-order valence-electron chi connectivity index (χ4n) is 3.52. The van der Waals surface area contributed by atoms with E-state index in [0.29, 0.717) is 0 Å². The lowest BCUT2D eigenvalue weighted by Gasteiger charge is -2.26. The van der Waals surface area contributed by atoms with Crippen molar-refractivity contribution in [3.8, 4) is 0 Å². The number of nitrogens with one attached hydrogen (secondary N) is 2. The second-order valence-corrected chi connectivity index (χ2v) is 7.56. The van der Waals surface area contributed by atoms with Crippen molar-refractivity contribution in [1.82, 2.24) is 25.3 Å². The van der Waals surface area contributed by atoms with Crippen LogP contribution in [0.3, 0.4) is 0 Å². The number of aromatic nitrogens is 2. The summed E-state index contributed by atoms with van der Waals surface area (Å²) in [7, 11) is 1.81. The van der Waals surface area contributed by atoms with Crippen LogP contribution < -0.4 is 10.6 Å². The highest BCUT2D eigenvalue weighted by Gasteiger charge is 2.10. The zero-order valence-corrected chi connectivity index (χ0v) is 17.9. The van der Waals surface area contributed by atoms with Crippen LogP contribution in [0.15, 0.2) is 35.3 Å². The lowest BCUT2D eigenvalue weighted by molar-refractivity contribution is 0.0342. The molecule has 29 heavy (non-hydrogen) atoms. The summed E-state index contributed by atoms with van der Waals surface area (Å²) in [6, 6.07) is 10.9. The van der Waals surface area contributed by atoms with E-state index in [1.807, 2.05) is 14.0 Å². The van der Waals surface area contributed by atoms with E-state index in [-0.39, 0.29) is 0 Å². The van der Waals surface area contributed by atoms with Crippen molar-refractivity contribution in [2.75, 3.05) is 39.9 Å². The number of benzene rings is 1. The Morgan fingerprint density at radius 3 is 2.48 bits per heavy atom. The van der Waals surface area contributed by atoms with Crippen LogP contribution in [0, 0.1) is 13.8 Å². The minimum atomic E-state index is 0.759. The Hall–Kier alpha value is -2.38. The average molecular weight is 399 g/mol. The first-order valence-corrected chi connectivity index (χ1v) is 10.5. The van der Waals surface area contributed by atoms with Gasteiger partial charge >= 0.3 is 0 Å². The van der Waals surface area contributed by atoms with Gasteiger partial charge in [0.1, 0.15) is 0 Å². The molecule has 1 aromatic heterocycles. The number of rotatable bonds is 8. The second-order valence-electron chi connectivity index (χ2n) is 7.56. The largest absolute Gasteiger partial charge is 0.379 e. The molecule has 158 valence electrons. The third kappa shape index (κ3) is 6.87. The van der Waals surface area contributed by atoms with Gasteiger partial charge in [-0.15, -0.1) is 0 Å². The topological polar surface area (TPSA) is 66.7 Å². The van der Waals surface area contributed by atoms with Crippen molar-refractivity contribution >= 4 is 5.96 Å². The number of aryl methyl sites for hydroxylation is 3. The SMILES string of the molecule is CN=C(NCCCn1nc(C)cc1C)NCc1ccc(CN2CCOCC2)cc1. The van der Waals surface area contributed by atoms with Gasteiger partial charge in [-0.25, -0.2) is 0 Å². The fraction of sp³-hybridized carbons (Fsp3) is 0.545. The lowest BCUT2D eigenvalue weighted by Crippen LogP contribution is -2.37. The van der Waals surface area contributed by atoms with Gasteiger partial charge in [-0.05, 0) is 37.5 Å². The Kier molecular flexibility index (Phi) is 8.07. The van der Waals surface area contributed by atoms with Gasteiger partial charge in [-0.3, -0.25) is 14.6 Å². The number of hydrogen-bond donors (Lipinski definition) is 2. The normalized spacial score (nSPS) is 15.5. The van der Waals surface area contributed by atoms with Crippen molar-refractivity contribution in [2.24, 2.45) is 4.99 Å². The minimum Gasteiger partial charge on any atom is -0.379 e. The third-order valence-electron chi connectivity index (χ3n) is 5.16. The zero-order chi connectivity index (χ0) is 20.5. The molecule has 1 aliphatic heterocycles. The molecule has 2 N–H and O–H groups in total. The third-order valence-corrected chi connectivity index (χ3v) is 5.16. The van der Waals surface area contributed by atoms with Gasteiger partial charge in [-0.1, -0.05) is 24.3 Å². The number of guanidine groups is 1. The minimum absolute atomic E-state index is 0.759. The van der Waals surface area contributed by atoms with Crippen molar-refractivity contribution in [1.29, 1.82) is 0 Å². The molecule has 7 heteroatoms. The maximum absolute atomic E-state index is 5.41. The van der Waals surface area contributed by atoms with E-state index in [0.717, 1.165) is 70.6 Å². The molecule has 1 saturated heterocycles. The molecule has 0 unspecified atom stereocenters. The first-order chi connectivity index (χ1) is 14.1. The summed E-state index contributed by atoms with van der Waals surface area (Å²) in [5.74, 6) is 0.829. The number of nitrogens with zero attached hydrogens (tertiary/aromatic N) is 4. The Labute approximate surface area is 174 Å². The molecule has 0 spiro atoms. The second kappa shape index (κ2) is 11.0. The molecule has 7 nitrogen and oxygen atoms in total. The molecule has 2 aromatic rings. The smallest absolute Gasteiger partial charge is 0.191 e. The van der Waals surface area contributed by atoms with Gasteiger partial charge in [0.15, 0.2) is 5.96 Å². The van der Waals surface area contributed by atoms with Crippen LogP contribution in [0.5, 0.6) is 0 Å². The molecule has 0 radical (unpaired) electrons. The zero-order valence-electron chi connectivity index (χ0n) is 17.9. The van der Waals surface area contributed by atoms with Crippen molar-refractivity contribution in [3.63, 3.8) is 0 Å². The van der Waals surface area contributed by atoms with E-state index >= 15 is 0 Å². The predicted molar refractivity (Wildman–Crippen MR) is 117 cm³/mol. The Morgan fingerprint density at radius 2 is 1.83 bits per heavy atom. The van der Waals surface area contributed by atoms with Gasteiger partial charge < -0.3 is 15.4 Å². The summed E-state index contributed by atoms with van der Waals surface area (Å²) in [5.41, 5.74) is 4.88. The van der Waals surface area contributed by atoms with Crippen molar-refractivity contribution in [2.45, 2.75) is 39.9 Å². The van der Waals surface area contributed by atoms with Crippen LogP contribution in [0.25, 0.3) is 0 Å². The van der Waals surface area contributed by atoms with Crippen LogP contribution in [-0.4, -0.2) is 60.5 Å². The molecular formula is C22H34N6O. The van der Waals surface area contributed by atoms with Crippen LogP contribution in [-0.2, 0) is 24.4 Å². The summed E-state index contributed by atoms with van der Waals surface area (Å²) >= 11 is 0. The quantitative estimate of drug-likeness (QED) is 0.405. The lowest BCUT2D eigenvalue weighted by atomic mass is 10.1. The first-order valence-electron chi connectivity index (χ1n) is 10.5. The monoisotopic (exact) mass is 398 g/mol. The van der Waals surface area contributed by atoms with Gasteiger partial charge in [0.25, 0.3) is 0 Å². The van der Waals surface area contributed by atoms with E-state index in [1.54, 1.807) is 0 Å². The average Bonchev–Trinajstić information content (AvgIpc) is 3.06. The predicted octanol–water partition coefficient (Wildman–Crippen LogP) is 2.09. The van der Waals surface area contributed by atoms with Crippen LogP contribution >= 0.6 is 0 Å². The number of aliphatic imine (C=N–C) groups is 1. The number of morpholine rings is 1.